The molecule has 0 radical (unpaired) electrons. The van der Waals surface area contributed by atoms with Gasteiger partial charge in [-0.3, -0.25) is 0 Å². The van der Waals surface area contributed by atoms with E-state index in [1.807, 2.05) is 19.1 Å². The Morgan fingerprint density at radius 1 is 1.00 bits per heavy atom. The Hall–Kier alpha value is 0.868. The van der Waals surface area contributed by atoms with E-state index in [0.29, 0.717) is 5.69 Å². The predicted octanol–water partition coefficient (Wildman–Crippen LogP) is 5.43. The van der Waals surface area contributed by atoms with Crippen LogP contribution in [-0.4, -0.2) is 0 Å². The summed E-state index contributed by atoms with van der Waals surface area (Å²) in [6.45, 7) is 2.01. The van der Waals surface area contributed by atoms with Gasteiger partial charge in [0.15, 0.2) is 0 Å². The number of aryl methyl sites for hydroxylation is 1. The molecule has 0 aromatic heterocycles. The van der Waals surface area contributed by atoms with Crippen LogP contribution in [0.5, 0.6) is 0 Å². The quantitative estimate of drug-likeness (QED) is 0.523. The minimum atomic E-state index is -3.28. The zero-order valence-corrected chi connectivity index (χ0v) is 12.7. The zero-order valence-electron chi connectivity index (χ0n) is 6.73. The van der Waals surface area contributed by atoms with Crippen molar-refractivity contribution in [3.8, 4) is 0 Å². The molecule has 1 aromatic carbocycles. The van der Waals surface area contributed by atoms with Crippen LogP contribution in [0.25, 0.3) is 5.73 Å². The van der Waals surface area contributed by atoms with Gasteiger partial charge in [-0.05, 0) is 6.92 Å². The SMILES string of the molecule is Cc1ccc([NH-])cc1.[Cl][W]([Cl])([Cl])[Cl]. The number of halogens is 4. The number of rotatable bonds is 0. The van der Waals surface area contributed by atoms with Gasteiger partial charge < -0.3 is 5.73 Å². The van der Waals surface area contributed by atoms with Crippen molar-refractivity contribution in [3.05, 3.63) is 35.6 Å². The van der Waals surface area contributed by atoms with Crippen LogP contribution < -0.4 is 0 Å². The fourth-order valence-corrected chi connectivity index (χ4v) is 0.554. The summed E-state index contributed by atoms with van der Waals surface area (Å²) in [6.07, 6.45) is 0. The molecule has 0 amide bonds. The van der Waals surface area contributed by atoms with E-state index in [0.717, 1.165) is 0 Å². The topological polar surface area (TPSA) is 23.8 Å². The molecule has 0 aliphatic heterocycles. The van der Waals surface area contributed by atoms with Gasteiger partial charge in [0, 0.05) is 0 Å². The van der Waals surface area contributed by atoms with E-state index in [1.165, 1.54) is 5.56 Å². The third-order valence-corrected chi connectivity index (χ3v) is 1.05. The summed E-state index contributed by atoms with van der Waals surface area (Å²) in [5.41, 5.74) is 8.88. The average Bonchev–Trinajstić information content (AvgIpc) is 1.92. The summed E-state index contributed by atoms with van der Waals surface area (Å²) >= 11 is -3.28. The summed E-state index contributed by atoms with van der Waals surface area (Å²) in [4.78, 5) is 0. The third kappa shape index (κ3) is 12.9. The van der Waals surface area contributed by atoms with Crippen molar-refractivity contribution in [2.45, 2.75) is 6.92 Å². The molecule has 0 fully saturated rings. The van der Waals surface area contributed by atoms with Gasteiger partial charge in [0.25, 0.3) is 0 Å². The molecule has 1 nitrogen and oxygen atoms in total. The molecule has 0 saturated carbocycles. The first kappa shape index (κ1) is 13.9. The van der Waals surface area contributed by atoms with Gasteiger partial charge >= 0.3 is 49.6 Å². The monoisotopic (exact) mass is 430 g/mol. The van der Waals surface area contributed by atoms with Crippen LogP contribution >= 0.6 is 37.7 Å². The minimum absolute atomic E-state index is 0.579. The van der Waals surface area contributed by atoms with Crippen molar-refractivity contribution in [1.29, 1.82) is 0 Å². The fourth-order valence-electron chi connectivity index (χ4n) is 0.554. The molecule has 0 unspecified atom stereocenters. The first-order valence-electron chi connectivity index (χ1n) is 3.19. The molecule has 0 aliphatic rings. The maximum atomic E-state index is 7.09. The summed E-state index contributed by atoms with van der Waals surface area (Å²) in [7, 11) is 20.1. The van der Waals surface area contributed by atoms with E-state index >= 15 is 0 Å². The number of hydrogen-bond acceptors (Lipinski definition) is 0. The normalized spacial score (nSPS) is 11.5. The molecule has 0 bridgehead atoms. The Labute approximate surface area is 97.0 Å². The van der Waals surface area contributed by atoms with Gasteiger partial charge in [0.2, 0.25) is 0 Å². The van der Waals surface area contributed by atoms with Gasteiger partial charge in [-0.2, -0.15) is 0 Å². The van der Waals surface area contributed by atoms with Crippen LogP contribution in [0.3, 0.4) is 0 Å². The Kier molecular flexibility index (Phi) is 6.80. The molecule has 0 spiro atoms. The second-order valence-corrected chi connectivity index (χ2v) is 27.6. The van der Waals surface area contributed by atoms with Crippen molar-refractivity contribution in [2.75, 3.05) is 0 Å². The molecule has 13 heavy (non-hydrogen) atoms. The standard InChI is InChI=1S/C7H8N.4ClH.W/c1-6-2-4-7(8)5-3-6;;;;;/h2-5,8H,1H3;4*1H;/q-1;;;;;+4/p-4. The van der Waals surface area contributed by atoms with Crippen molar-refractivity contribution in [2.24, 2.45) is 0 Å². The number of benzene rings is 1. The summed E-state index contributed by atoms with van der Waals surface area (Å²) in [5.74, 6) is 0. The van der Waals surface area contributed by atoms with Gasteiger partial charge in [0.05, 0.1) is 0 Å². The molecule has 76 valence electrons. The first-order chi connectivity index (χ1) is 5.79. The van der Waals surface area contributed by atoms with E-state index in [1.54, 1.807) is 12.1 Å². The van der Waals surface area contributed by atoms with Gasteiger partial charge in [0.1, 0.15) is 0 Å². The molecule has 1 aromatic rings. The molecular formula is C7H8Cl4NW-. The number of hydrogen-bond donors (Lipinski definition) is 0. The van der Waals surface area contributed by atoms with Gasteiger partial charge in [-0.1, -0.05) is 29.8 Å². The summed E-state index contributed by atoms with van der Waals surface area (Å²) in [5, 5.41) is 0. The molecule has 1 N–H and O–H groups in total. The molecule has 0 aliphatic carbocycles. The van der Waals surface area contributed by atoms with Gasteiger partial charge in [-0.15, -0.1) is 5.69 Å². The first-order valence-corrected chi connectivity index (χ1v) is 17.7. The molecule has 0 saturated heterocycles. The Morgan fingerprint density at radius 2 is 1.31 bits per heavy atom. The molecule has 6 heteroatoms. The Morgan fingerprint density at radius 3 is 1.54 bits per heavy atom. The van der Waals surface area contributed by atoms with Crippen molar-refractivity contribution in [3.63, 3.8) is 0 Å². The van der Waals surface area contributed by atoms with Crippen LogP contribution in [0.2, 0.25) is 0 Å². The molecule has 1 rings (SSSR count). The molecular weight excluding hydrogens is 424 g/mol. The maximum absolute atomic E-state index is 7.09. The molecule has 0 heterocycles. The Balaban J connectivity index is 0.000000252. The second-order valence-electron chi connectivity index (χ2n) is 2.22. The van der Waals surface area contributed by atoms with Crippen LogP contribution in [0.4, 0.5) is 5.69 Å². The predicted molar refractivity (Wildman–Crippen MR) is 58.6 cm³/mol. The van der Waals surface area contributed by atoms with Crippen molar-refractivity contribution in [1.82, 2.24) is 0 Å². The van der Waals surface area contributed by atoms with E-state index in [9.17, 15) is 0 Å². The second kappa shape index (κ2) is 6.37. The van der Waals surface area contributed by atoms with Crippen LogP contribution in [0.1, 0.15) is 5.56 Å². The van der Waals surface area contributed by atoms with Crippen molar-refractivity contribution >= 4 is 43.4 Å². The fraction of sp³-hybridized carbons (Fsp3) is 0.143. The van der Waals surface area contributed by atoms with Gasteiger partial charge in [-0.25, -0.2) is 0 Å². The van der Waals surface area contributed by atoms with Crippen LogP contribution in [-0.2, 0) is 11.9 Å². The Bertz CT molecular complexity index is 217. The van der Waals surface area contributed by atoms with E-state index < -0.39 is 11.9 Å². The molecule has 0 atom stereocenters. The van der Waals surface area contributed by atoms with E-state index in [2.05, 4.69) is 0 Å². The van der Waals surface area contributed by atoms with Crippen LogP contribution in [0, 0.1) is 6.92 Å². The third-order valence-electron chi connectivity index (χ3n) is 1.05. The zero-order chi connectivity index (χ0) is 10.5. The van der Waals surface area contributed by atoms with Crippen LogP contribution in [0.15, 0.2) is 24.3 Å². The van der Waals surface area contributed by atoms with E-state index in [4.69, 9.17) is 43.4 Å². The number of nitrogens with one attached hydrogen (secondary N) is 1. The summed E-state index contributed by atoms with van der Waals surface area (Å²) in [6, 6.07) is 7.44. The van der Waals surface area contributed by atoms with E-state index in [-0.39, 0.29) is 0 Å². The average molecular weight is 432 g/mol. The van der Waals surface area contributed by atoms with Crippen molar-refractivity contribution < 1.29 is 11.9 Å². The summed E-state index contributed by atoms with van der Waals surface area (Å²) < 4.78 is 0.